The Labute approximate surface area is 119 Å². The third-order valence-electron chi connectivity index (χ3n) is 4.35. The highest BCUT2D eigenvalue weighted by atomic mass is 16.2. The van der Waals surface area contributed by atoms with Crippen LogP contribution in [0.5, 0.6) is 0 Å². The number of aromatic amines is 1. The zero-order valence-electron chi connectivity index (χ0n) is 12.3. The summed E-state index contributed by atoms with van der Waals surface area (Å²) in [6.07, 6.45) is 3.54. The molecule has 1 aromatic heterocycles. The number of rotatable bonds is 3. The number of aromatic nitrogens is 1. The molecule has 1 aliphatic rings. The molecule has 3 rings (SSSR count). The summed E-state index contributed by atoms with van der Waals surface area (Å²) in [6.45, 7) is 6.97. The van der Waals surface area contributed by atoms with Gasteiger partial charge in [-0.3, -0.25) is 4.79 Å². The molecule has 1 N–H and O–H groups in total. The van der Waals surface area contributed by atoms with Crippen LogP contribution in [0.4, 0.5) is 0 Å². The van der Waals surface area contributed by atoms with Gasteiger partial charge in [0.1, 0.15) is 0 Å². The van der Waals surface area contributed by atoms with Crippen LogP contribution in [0.1, 0.15) is 31.4 Å². The first kappa shape index (κ1) is 13.0. The molecular weight excluding hydrogens is 248 g/mol. The fourth-order valence-electron chi connectivity index (χ4n) is 2.96. The van der Waals surface area contributed by atoms with Gasteiger partial charge in [-0.05, 0) is 43.9 Å². The summed E-state index contributed by atoms with van der Waals surface area (Å²) in [5, 5.41) is 1.27. The third kappa shape index (κ3) is 2.03. The summed E-state index contributed by atoms with van der Waals surface area (Å²) in [6, 6.07) is 6.35. The van der Waals surface area contributed by atoms with E-state index < -0.39 is 0 Å². The summed E-state index contributed by atoms with van der Waals surface area (Å²) in [7, 11) is 0. The highest BCUT2D eigenvalue weighted by Gasteiger charge is 2.24. The van der Waals surface area contributed by atoms with Crippen molar-refractivity contribution in [3.8, 4) is 0 Å². The molecule has 2 heterocycles. The normalized spacial score (nSPS) is 15.8. The van der Waals surface area contributed by atoms with Crippen LogP contribution in [-0.4, -0.2) is 22.3 Å². The molecule has 0 bridgehead atoms. The average Bonchev–Trinajstić information content (AvgIpc) is 2.92. The van der Waals surface area contributed by atoms with Crippen LogP contribution < -0.4 is 0 Å². The molecule has 1 amide bonds. The van der Waals surface area contributed by atoms with Crippen molar-refractivity contribution < 1.29 is 4.79 Å². The van der Waals surface area contributed by atoms with Gasteiger partial charge in [0.2, 0.25) is 5.91 Å². The number of hydrogen-bond acceptors (Lipinski definition) is 1. The molecule has 104 valence electrons. The van der Waals surface area contributed by atoms with E-state index in [1.165, 1.54) is 27.6 Å². The Morgan fingerprint density at radius 2 is 2.05 bits per heavy atom. The van der Waals surface area contributed by atoms with Gasteiger partial charge in [-0.2, -0.15) is 0 Å². The monoisotopic (exact) mass is 268 g/mol. The van der Waals surface area contributed by atoms with Gasteiger partial charge < -0.3 is 9.88 Å². The number of H-pyrrole nitrogens is 1. The minimum Gasteiger partial charge on any atom is -0.361 e. The summed E-state index contributed by atoms with van der Waals surface area (Å²) < 4.78 is 0. The highest BCUT2D eigenvalue weighted by Crippen LogP contribution is 2.25. The van der Waals surface area contributed by atoms with Crippen molar-refractivity contribution in [3.05, 3.63) is 46.8 Å². The van der Waals surface area contributed by atoms with E-state index in [-0.39, 0.29) is 5.91 Å². The molecule has 0 aliphatic carbocycles. The molecule has 3 nitrogen and oxygen atoms in total. The molecule has 1 aliphatic heterocycles. The van der Waals surface area contributed by atoms with E-state index in [2.05, 4.69) is 36.3 Å². The van der Waals surface area contributed by atoms with Gasteiger partial charge in [-0.1, -0.05) is 18.2 Å². The zero-order chi connectivity index (χ0) is 14.3. The van der Waals surface area contributed by atoms with Crippen molar-refractivity contribution in [3.63, 3.8) is 0 Å². The smallest absolute Gasteiger partial charge is 0.230 e. The van der Waals surface area contributed by atoms with Crippen LogP contribution >= 0.6 is 0 Å². The van der Waals surface area contributed by atoms with Crippen molar-refractivity contribution in [2.45, 2.75) is 33.6 Å². The lowest BCUT2D eigenvalue weighted by Crippen LogP contribution is -2.26. The second-order valence-corrected chi connectivity index (χ2v) is 5.65. The van der Waals surface area contributed by atoms with Crippen LogP contribution in [0, 0.1) is 6.92 Å². The van der Waals surface area contributed by atoms with Gasteiger partial charge in [0, 0.05) is 35.8 Å². The molecule has 0 unspecified atom stereocenters. The number of aryl methyl sites for hydroxylation is 1. The van der Waals surface area contributed by atoms with Crippen LogP contribution in [-0.2, 0) is 11.2 Å². The van der Waals surface area contributed by atoms with E-state index >= 15 is 0 Å². The first-order chi connectivity index (χ1) is 9.58. The molecule has 0 saturated heterocycles. The molecule has 2 aromatic rings. The van der Waals surface area contributed by atoms with E-state index in [4.69, 9.17) is 0 Å². The molecule has 0 saturated carbocycles. The lowest BCUT2D eigenvalue weighted by Gasteiger charge is -2.17. The number of para-hydroxylation sites is 1. The average molecular weight is 268 g/mol. The van der Waals surface area contributed by atoms with Crippen LogP contribution in [0.15, 0.2) is 35.7 Å². The van der Waals surface area contributed by atoms with Gasteiger partial charge in [-0.15, -0.1) is 0 Å². The second-order valence-electron chi connectivity index (χ2n) is 5.65. The minimum atomic E-state index is 0.232. The topological polar surface area (TPSA) is 36.1 Å². The van der Waals surface area contributed by atoms with Crippen molar-refractivity contribution in [2.75, 3.05) is 6.54 Å². The molecule has 0 spiro atoms. The Kier molecular flexibility index (Phi) is 3.13. The molecule has 20 heavy (non-hydrogen) atoms. The first-order valence-electron chi connectivity index (χ1n) is 7.10. The maximum absolute atomic E-state index is 11.9. The molecule has 0 fully saturated rings. The Balaban J connectivity index is 1.81. The maximum Gasteiger partial charge on any atom is 0.230 e. The van der Waals surface area contributed by atoms with Crippen molar-refractivity contribution >= 4 is 16.8 Å². The lowest BCUT2D eigenvalue weighted by atomic mass is 10.1. The lowest BCUT2D eigenvalue weighted by molar-refractivity contribution is -0.127. The standard InChI is InChI=1S/C17H20N2O/c1-11-5-4-6-15-14(10-18-17(11)15)7-8-19-13(3)12(2)9-16(19)20/h4-6,10,18H,7-9H2,1-3H3. The predicted molar refractivity (Wildman–Crippen MR) is 81.4 cm³/mol. The highest BCUT2D eigenvalue weighted by molar-refractivity contribution is 5.86. The van der Waals surface area contributed by atoms with E-state index in [0.29, 0.717) is 6.42 Å². The summed E-state index contributed by atoms with van der Waals surface area (Å²) >= 11 is 0. The number of amides is 1. The fourth-order valence-corrected chi connectivity index (χ4v) is 2.96. The van der Waals surface area contributed by atoms with Crippen LogP contribution in [0.3, 0.4) is 0 Å². The number of nitrogens with one attached hydrogen (secondary N) is 1. The SMILES string of the molecule is CC1=C(C)N(CCc2c[nH]c3c(C)cccc23)C(=O)C1. The zero-order valence-corrected chi connectivity index (χ0v) is 12.3. The number of carbonyl (C=O) groups is 1. The molecule has 3 heteroatoms. The van der Waals surface area contributed by atoms with Crippen molar-refractivity contribution in [1.82, 2.24) is 9.88 Å². The number of hydrogen-bond donors (Lipinski definition) is 1. The van der Waals surface area contributed by atoms with Crippen molar-refractivity contribution in [2.24, 2.45) is 0 Å². The summed E-state index contributed by atoms with van der Waals surface area (Å²) in [5.74, 6) is 0.232. The largest absolute Gasteiger partial charge is 0.361 e. The molecule has 0 radical (unpaired) electrons. The summed E-state index contributed by atoms with van der Waals surface area (Å²) in [5.41, 5.74) is 6.08. The van der Waals surface area contributed by atoms with Crippen LogP contribution in [0.2, 0.25) is 0 Å². The van der Waals surface area contributed by atoms with Gasteiger partial charge in [-0.25, -0.2) is 0 Å². The fraction of sp³-hybridized carbons (Fsp3) is 0.353. The Morgan fingerprint density at radius 3 is 2.75 bits per heavy atom. The Morgan fingerprint density at radius 1 is 1.25 bits per heavy atom. The number of nitrogens with zero attached hydrogens (tertiary/aromatic N) is 1. The Hall–Kier alpha value is -2.03. The molecule has 0 atom stereocenters. The van der Waals surface area contributed by atoms with E-state index in [1.807, 2.05) is 18.7 Å². The summed E-state index contributed by atoms with van der Waals surface area (Å²) in [4.78, 5) is 17.2. The molecule has 1 aromatic carbocycles. The number of allylic oxidation sites excluding steroid dienone is 1. The van der Waals surface area contributed by atoms with Crippen molar-refractivity contribution in [1.29, 1.82) is 0 Å². The number of fused-ring (bicyclic) bond motifs is 1. The quantitative estimate of drug-likeness (QED) is 0.908. The Bertz CT molecular complexity index is 709. The molecular formula is C17H20N2O. The predicted octanol–water partition coefficient (Wildman–Crippen LogP) is 3.55. The van der Waals surface area contributed by atoms with Gasteiger partial charge in [0.15, 0.2) is 0 Å². The number of carbonyl (C=O) groups excluding carboxylic acids is 1. The second kappa shape index (κ2) is 4.82. The van der Waals surface area contributed by atoms with E-state index in [0.717, 1.165) is 18.7 Å². The van der Waals surface area contributed by atoms with Gasteiger partial charge in [0.05, 0.1) is 0 Å². The van der Waals surface area contributed by atoms with Crippen LogP contribution in [0.25, 0.3) is 10.9 Å². The van der Waals surface area contributed by atoms with E-state index in [1.54, 1.807) is 0 Å². The number of benzene rings is 1. The third-order valence-corrected chi connectivity index (χ3v) is 4.35. The minimum absolute atomic E-state index is 0.232. The van der Waals surface area contributed by atoms with E-state index in [9.17, 15) is 4.79 Å². The van der Waals surface area contributed by atoms with Gasteiger partial charge in [0.25, 0.3) is 0 Å². The first-order valence-corrected chi connectivity index (χ1v) is 7.10. The van der Waals surface area contributed by atoms with Gasteiger partial charge >= 0.3 is 0 Å². The maximum atomic E-state index is 11.9.